The number of benzene rings is 2. The van der Waals surface area contributed by atoms with Gasteiger partial charge in [0.25, 0.3) is 11.8 Å². The van der Waals surface area contributed by atoms with Crippen molar-refractivity contribution in [2.24, 2.45) is 0 Å². The Kier molecular flexibility index (Phi) is 6.34. The van der Waals surface area contributed by atoms with Gasteiger partial charge in [-0.3, -0.25) is 9.59 Å². The normalized spacial score (nSPS) is 11.7. The lowest BCUT2D eigenvalue weighted by molar-refractivity contribution is 0.0939. The van der Waals surface area contributed by atoms with Crippen LogP contribution in [0.15, 0.2) is 71.3 Å². The van der Waals surface area contributed by atoms with Gasteiger partial charge in [0.05, 0.1) is 18.4 Å². The smallest absolute Gasteiger partial charge is 0.291 e. The Bertz CT molecular complexity index is 946. The van der Waals surface area contributed by atoms with E-state index in [1.54, 1.807) is 36.4 Å². The Hall–Kier alpha value is -3.54. The fourth-order valence-electron chi connectivity index (χ4n) is 2.78. The molecule has 0 bridgehead atoms. The van der Waals surface area contributed by atoms with Crippen LogP contribution in [0.4, 0.5) is 5.69 Å². The predicted molar refractivity (Wildman–Crippen MR) is 111 cm³/mol. The second kappa shape index (κ2) is 9.10. The van der Waals surface area contributed by atoms with Crippen LogP contribution in [0.2, 0.25) is 0 Å². The highest BCUT2D eigenvalue weighted by Gasteiger charge is 2.13. The summed E-state index contributed by atoms with van der Waals surface area (Å²) in [5.41, 5.74) is 2.07. The maximum atomic E-state index is 12.5. The zero-order chi connectivity index (χ0) is 20.8. The number of carbonyl (C=O) groups excluding carboxylic acids is 2. The van der Waals surface area contributed by atoms with Crippen LogP contribution >= 0.6 is 0 Å². The number of hydrogen-bond acceptors (Lipinski definition) is 4. The molecular weight excluding hydrogens is 368 g/mol. The summed E-state index contributed by atoms with van der Waals surface area (Å²) in [5, 5.41) is 5.69. The fourth-order valence-corrected chi connectivity index (χ4v) is 2.78. The van der Waals surface area contributed by atoms with Crippen LogP contribution < -0.4 is 15.4 Å². The molecule has 0 saturated heterocycles. The molecule has 0 aliphatic heterocycles. The maximum absolute atomic E-state index is 12.5. The van der Waals surface area contributed by atoms with Gasteiger partial charge >= 0.3 is 0 Å². The first-order chi connectivity index (χ1) is 13.9. The largest absolute Gasteiger partial charge is 0.491 e. The Balaban J connectivity index is 1.58. The molecule has 1 unspecified atom stereocenters. The van der Waals surface area contributed by atoms with Crippen LogP contribution in [0.3, 0.4) is 0 Å². The summed E-state index contributed by atoms with van der Waals surface area (Å²) in [7, 11) is 0. The monoisotopic (exact) mass is 392 g/mol. The van der Waals surface area contributed by atoms with Gasteiger partial charge in [-0.15, -0.1) is 0 Å². The van der Waals surface area contributed by atoms with Gasteiger partial charge in [0, 0.05) is 11.3 Å². The average Bonchev–Trinajstić information content (AvgIpc) is 3.23. The third-order valence-electron chi connectivity index (χ3n) is 4.25. The molecule has 0 radical (unpaired) electrons. The Labute approximate surface area is 169 Å². The lowest BCUT2D eigenvalue weighted by Crippen LogP contribution is -2.26. The van der Waals surface area contributed by atoms with E-state index in [0.717, 1.165) is 11.3 Å². The van der Waals surface area contributed by atoms with Crippen molar-refractivity contribution < 1.29 is 18.7 Å². The molecule has 29 heavy (non-hydrogen) atoms. The number of rotatable bonds is 7. The summed E-state index contributed by atoms with van der Waals surface area (Å²) in [6, 6.07) is 17.4. The van der Waals surface area contributed by atoms with Crippen LogP contribution in [0.25, 0.3) is 0 Å². The summed E-state index contributed by atoms with van der Waals surface area (Å²) in [6.07, 6.45) is 1.55. The van der Waals surface area contributed by atoms with Crippen LogP contribution in [-0.2, 0) is 0 Å². The third kappa shape index (κ3) is 5.48. The van der Waals surface area contributed by atoms with E-state index in [4.69, 9.17) is 9.15 Å². The lowest BCUT2D eigenvalue weighted by atomic mass is 10.1. The van der Waals surface area contributed by atoms with Crippen LogP contribution in [-0.4, -0.2) is 17.9 Å². The van der Waals surface area contributed by atoms with Crippen molar-refractivity contribution in [3.8, 4) is 5.75 Å². The highest BCUT2D eigenvalue weighted by molar-refractivity contribution is 6.02. The van der Waals surface area contributed by atoms with Gasteiger partial charge in [-0.05, 0) is 74.9 Å². The van der Waals surface area contributed by atoms with E-state index >= 15 is 0 Å². The fraction of sp³-hybridized carbons (Fsp3) is 0.217. The van der Waals surface area contributed by atoms with E-state index in [-0.39, 0.29) is 29.7 Å². The van der Waals surface area contributed by atoms with Crippen molar-refractivity contribution in [1.29, 1.82) is 0 Å². The molecule has 0 saturated carbocycles. The number of nitrogens with one attached hydrogen (secondary N) is 2. The summed E-state index contributed by atoms with van der Waals surface area (Å²) in [5.74, 6) is 0.495. The molecule has 150 valence electrons. The van der Waals surface area contributed by atoms with E-state index in [0.29, 0.717) is 11.3 Å². The molecule has 2 aromatic carbocycles. The SMILES string of the molecule is CC(C)Oc1ccc(C(C)NC(=O)c2ccc(NC(=O)c3ccco3)cc2)cc1. The van der Waals surface area contributed by atoms with Gasteiger partial charge in [0.15, 0.2) is 5.76 Å². The maximum Gasteiger partial charge on any atom is 0.291 e. The van der Waals surface area contributed by atoms with Gasteiger partial charge in [-0.25, -0.2) is 0 Å². The third-order valence-corrected chi connectivity index (χ3v) is 4.25. The molecule has 0 fully saturated rings. The molecular formula is C23H24N2O4. The summed E-state index contributed by atoms with van der Waals surface area (Å²) < 4.78 is 10.7. The van der Waals surface area contributed by atoms with Crippen LogP contribution in [0.1, 0.15) is 53.3 Å². The molecule has 2 amide bonds. The van der Waals surface area contributed by atoms with Gasteiger partial charge < -0.3 is 19.8 Å². The zero-order valence-electron chi connectivity index (χ0n) is 16.6. The van der Waals surface area contributed by atoms with Crippen LogP contribution in [0, 0.1) is 0 Å². The standard InChI is InChI=1S/C23H24N2O4/c1-15(2)29-20-12-8-17(9-13-20)16(3)24-22(26)18-6-10-19(11-7-18)25-23(27)21-5-4-14-28-21/h4-16H,1-3H3,(H,24,26)(H,25,27). The number of furan rings is 1. The van der Waals surface area contributed by atoms with Gasteiger partial charge in [0.1, 0.15) is 5.75 Å². The Morgan fingerprint density at radius 3 is 2.17 bits per heavy atom. The van der Waals surface area contributed by atoms with Crippen molar-refractivity contribution in [2.75, 3.05) is 5.32 Å². The van der Waals surface area contributed by atoms with Crippen molar-refractivity contribution >= 4 is 17.5 Å². The Morgan fingerprint density at radius 2 is 1.59 bits per heavy atom. The van der Waals surface area contributed by atoms with Gasteiger partial charge in [-0.2, -0.15) is 0 Å². The second-order valence-corrected chi connectivity index (χ2v) is 6.94. The van der Waals surface area contributed by atoms with E-state index in [1.807, 2.05) is 45.0 Å². The molecule has 1 atom stereocenters. The van der Waals surface area contributed by atoms with Crippen LogP contribution in [0.5, 0.6) is 5.75 Å². The zero-order valence-corrected chi connectivity index (χ0v) is 16.6. The molecule has 3 rings (SSSR count). The second-order valence-electron chi connectivity index (χ2n) is 6.94. The lowest BCUT2D eigenvalue weighted by Gasteiger charge is -2.16. The highest BCUT2D eigenvalue weighted by Crippen LogP contribution is 2.19. The van der Waals surface area contributed by atoms with Crippen molar-refractivity contribution in [1.82, 2.24) is 5.32 Å². The molecule has 6 nitrogen and oxygen atoms in total. The first kappa shape index (κ1) is 20.2. The van der Waals surface area contributed by atoms with Gasteiger partial charge in [-0.1, -0.05) is 12.1 Å². The summed E-state index contributed by atoms with van der Waals surface area (Å²) in [6.45, 7) is 5.88. The topological polar surface area (TPSA) is 80.6 Å². The molecule has 2 N–H and O–H groups in total. The first-order valence-corrected chi connectivity index (χ1v) is 9.45. The minimum atomic E-state index is -0.342. The van der Waals surface area contributed by atoms with Crippen molar-refractivity contribution in [3.63, 3.8) is 0 Å². The summed E-state index contributed by atoms with van der Waals surface area (Å²) in [4.78, 5) is 24.5. The molecule has 0 aliphatic rings. The number of ether oxygens (including phenoxy) is 1. The number of hydrogen-bond donors (Lipinski definition) is 2. The quantitative estimate of drug-likeness (QED) is 0.605. The minimum absolute atomic E-state index is 0.116. The minimum Gasteiger partial charge on any atom is -0.491 e. The molecule has 1 aromatic heterocycles. The first-order valence-electron chi connectivity index (χ1n) is 9.45. The van der Waals surface area contributed by atoms with E-state index < -0.39 is 0 Å². The molecule has 3 aromatic rings. The number of carbonyl (C=O) groups is 2. The van der Waals surface area contributed by atoms with Crippen molar-refractivity contribution in [2.45, 2.75) is 32.9 Å². The summed E-state index contributed by atoms with van der Waals surface area (Å²) >= 11 is 0. The van der Waals surface area contributed by atoms with E-state index in [1.165, 1.54) is 6.26 Å². The average molecular weight is 392 g/mol. The predicted octanol–water partition coefficient (Wildman–Crippen LogP) is 4.81. The van der Waals surface area contributed by atoms with E-state index in [9.17, 15) is 9.59 Å². The Morgan fingerprint density at radius 1 is 0.897 bits per heavy atom. The van der Waals surface area contributed by atoms with E-state index in [2.05, 4.69) is 10.6 Å². The molecule has 6 heteroatoms. The highest BCUT2D eigenvalue weighted by atomic mass is 16.5. The number of amides is 2. The van der Waals surface area contributed by atoms with Gasteiger partial charge in [0.2, 0.25) is 0 Å². The molecule has 0 spiro atoms. The number of anilines is 1. The molecule has 1 heterocycles. The molecule has 0 aliphatic carbocycles. The van der Waals surface area contributed by atoms with Crippen molar-refractivity contribution in [3.05, 3.63) is 83.8 Å².